The Labute approximate surface area is 80.3 Å². The monoisotopic (exact) mass is 232 g/mol. The van der Waals surface area contributed by atoms with Crippen molar-refractivity contribution < 1.29 is 4.74 Å². The third-order valence-electron chi connectivity index (χ3n) is 1.37. The van der Waals surface area contributed by atoms with Crippen LogP contribution in [0.3, 0.4) is 0 Å². The number of aryl methyl sites for hydroxylation is 1. The highest BCUT2D eigenvalue weighted by Crippen LogP contribution is 2.32. The first kappa shape index (κ1) is 8.94. The summed E-state index contributed by atoms with van der Waals surface area (Å²) in [7, 11) is 1.63. The van der Waals surface area contributed by atoms with Gasteiger partial charge in [0.15, 0.2) is 0 Å². The lowest BCUT2D eigenvalue weighted by molar-refractivity contribution is 0.402. The lowest BCUT2D eigenvalue weighted by Gasteiger charge is -2.06. The van der Waals surface area contributed by atoms with Crippen LogP contribution in [-0.4, -0.2) is 7.11 Å². The maximum absolute atomic E-state index is 5.11. The minimum absolute atomic E-state index is 0.791. The molecular weight excluding hydrogens is 224 g/mol. The van der Waals surface area contributed by atoms with E-state index in [0.29, 0.717) is 0 Å². The van der Waals surface area contributed by atoms with Gasteiger partial charge in [0, 0.05) is 4.90 Å². The van der Waals surface area contributed by atoms with Gasteiger partial charge in [-0.25, -0.2) is 0 Å². The predicted octanol–water partition coefficient (Wildman–Crippen LogP) is 3.05. The second-order valence-electron chi connectivity index (χ2n) is 2.30. The Balaban J connectivity index is 3.25. The molecule has 0 atom stereocenters. The first-order chi connectivity index (χ1) is 5.15. The third kappa shape index (κ3) is 1.91. The summed E-state index contributed by atoms with van der Waals surface area (Å²) in [6.07, 6.45) is 0. The Hall–Kier alpha value is -0.150. The molecule has 0 bridgehead atoms. The van der Waals surface area contributed by atoms with Gasteiger partial charge < -0.3 is 4.74 Å². The molecule has 0 amide bonds. The minimum atomic E-state index is 0.791. The quantitative estimate of drug-likeness (QED) is 0.733. The van der Waals surface area contributed by atoms with Crippen LogP contribution in [0.5, 0.6) is 5.75 Å². The summed E-state index contributed by atoms with van der Waals surface area (Å²) in [6.45, 7) is 2.02. The van der Waals surface area contributed by atoms with Crippen molar-refractivity contribution in [2.45, 2.75) is 11.8 Å². The molecule has 60 valence electrons. The number of hydrogen-bond acceptors (Lipinski definition) is 2. The van der Waals surface area contributed by atoms with Gasteiger partial charge in [-0.2, -0.15) is 0 Å². The van der Waals surface area contributed by atoms with Crippen LogP contribution in [0.15, 0.2) is 21.5 Å². The second-order valence-corrected chi connectivity index (χ2v) is 3.64. The van der Waals surface area contributed by atoms with Crippen molar-refractivity contribution in [3.63, 3.8) is 0 Å². The van der Waals surface area contributed by atoms with Crippen LogP contribution in [0.1, 0.15) is 5.56 Å². The van der Waals surface area contributed by atoms with Crippen LogP contribution in [-0.2, 0) is 0 Å². The molecule has 1 rings (SSSR count). The van der Waals surface area contributed by atoms with Gasteiger partial charge in [0.05, 0.1) is 11.6 Å². The highest BCUT2D eigenvalue weighted by Gasteiger charge is 2.03. The van der Waals surface area contributed by atoms with Crippen LogP contribution < -0.4 is 4.74 Å². The van der Waals surface area contributed by atoms with Gasteiger partial charge >= 0.3 is 0 Å². The molecule has 0 aliphatic rings. The SMILES string of the molecule is COc1c(S)cc(C)cc1Br. The van der Waals surface area contributed by atoms with E-state index in [1.165, 1.54) is 5.56 Å². The van der Waals surface area contributed by atoms with Crippen LogP contribution >= 0.6 is 28.6 Å². The number of benzene rings is 1. The van der Waals surface area contributed by atoms with E-state index in [2.05, 4.69) is 28.6 Å². The van der Waals surface area contributed by atoms with Crippen molar-refractivity contribution in [2.24, 2.45) is 0 Å². The molecule has 0 aliphatic heterocycles. The Bertz CT molecular complexity index is 250. The fourth-order valence-electron chi connectivity index (χ4n) is 0.913. The van der Waals surface area contributed by atoms with E-state index in [-0.39, 0.29) is 0 Å². The van der Waals surface area contributed by atoms with Crippen LogP contribution in [0.2, 0.25) is 0 Å². The number of hydrogen-bond donors (Lipinski definition) is 1. The fraction of sp³-hybridized carbons (Fsp3) is 0.250. The Kier molecular flexibility index (Phi) is 2.84. The van der Waals surface area contributed by atoms with Gasteiger partial charge in [0.25, 0.3) is 0 Å². The van der Waals surface area contributed by atoms with E-state index in [1.54, 1.807) is 7.11 Å². The van der Waals surface area contributed by atoms with Crippen molar-refractivity contribution in [3.05, 3.63) is 22.2 Å². The molecule has 0 spiro atoms. The van der Waals surface area contributed by atoms with E-state index in [9.17, 15) is 0 Å². The van der Waals surface area contributed by atoms with Crippen LogP contribution in [0.25, 0.3) is 0 Å². The Morgan fingerprint density at radius 2 is 2.09 bits per heavy atom. The zero-order valence-electron chi connectivity index (χ0n) is 6.39. The van der Waals surface area contributed by atoms with Gasteiger partial charge in [0.1, 0.15) is 5.75 Å². The summed E-state index contributed by atoms with van der Waals surface area (Å²) < 4.78 is 6.06. The van der Waals surface area contributed by atoms with Gasteiger partial charge in [-0.3, -0.25) is 0 Å². The van der Waals surface area contributed by atoms with Crippen molar-refractivity contribution >= 4 is 28.6 Å². The summed E-state index contributed by atoms with van der Waals surface area (Å²) in [5.41, 5.74) is 1.17. The molecule has 0 aliphatic carbocycles. The van der Waals surface area contributed by atoms with Gasteiger partial charge in [-0.05, 0) is 40.5 Å². The molecule has 1 aromatic rings. The lowest BCUT2D eigenvalue weighted by atomic mass is 10.2. The summed E-state index contributed by atoms with van der Waals surface area (Å²) >= 11 is 7.65. The van der Waals surface area contributed by atoms with Crippen molar-refractivity contribution in [1.29, 1.82) is 0 Å². The van der Waals surface area contributed by atoms with Crippen molar-refractivity contribution in [3.8, 4) is 5.75 Å². The molecule has 0 N–H and O–H groups in total. The van der Waals surface area contributed by atoms with Crippen molar-refractivity contribution in [2.75, 3.05) is 7.11 Å². The molecule has 0 unspecified atom stereocenters. The standard InChI is InChI=1S/C8H9BrOS/c1-5-3-6(9)8(10-2)7(11)4-5/h3-4,11H,1-2H3. The molecule has 1 aromatic carbocycles. The molecule has 0 radical (unpaired) electrons. The molecule has 3 heteroatoms. The highest BCUT2D eigenvalue weighted by molar-refractivity contribution is 9.10. The second kappa shape index (κ2) is 3.50. The van der Waals surface area contributed by atoms with Gasteiger partial charge in [0.2, 0.25) is 0 Å². The number of halogens is 1. The number of methoxy groups -OCH3 is 1. The number of thiol groups is 1. The molecule has 0 saturated heterocycles. The topological polar surface area (TPSA) is 9.23 Å². The Morgan fingerprint density at radius 1 is 1.45 bits per heavy atom. The molecule has 1 nitrogen and oxygen atoms in total. The van der Waals surface area contributed by atoms with E-state index < -0.39 is 0 Å². The summed E-state index contributed by atoms with van der Waals surface area (Å²) in [5, 5.41) is 0. The largest absolute Gasteiger partial charge is 0.494 e. The summed E-state index contributed by atoms with van der Waals surface area (Å²) in [4.78, 5) is 0.861. The first-order valence-electron chi connectivity index (χ1n) is 3.18. The summed E-state index contributed by atoms with van der Waals surface area (Å²) in [6, 6.07) is 3.96. The van der Waals surface area contributed by atoms with Crippen molar-refractivity contribution in [1.82, 2.24) is 0 Å². The van der Waals surface area contributed by atoms with Crippen LogP contribution in [0, 0.1) is 6.92 Å². The van der Waals surface area contributed by atoms with E-state index in [4.69, 9.17) is 4.74 Å². The lowest BCUT2D eigenvalue weighted by Crippen LogP contribution is -1.87. The number of ether oxygens (including phenoxy) is 1. The maximum atomic E-state index is 5.11. The third-order valence-corrected chi connectivity index (χ3v) is 2.29. The Morgan fingerprint density at radius 3 is 2.55 bits per heavy atom. The predicted molar refractivity (Wildman–Crippen MR) is 52.7 cm³/mol. The molecule has 0 heterocycles. The van der Waals surface area contributed by atoms with Gasteiger partial charge in [-0.1, -0.05) is 0 Å². The van der Waals surface area contributed by atoms with Crippen LogP contribution in [0.4, 0.5) is 0 Å². The minimum Gasteiger partial charge on any atom is -0.494 e. The van der Waals surface area contributed by atoms with Gasteiger partial charge in [-0.15, -0.1) is 12.6 Å². The highest BCUT2D eigenvalue weighted by atomic mass is 79.9. The normalized spacial score (nSPS) is 9.82. The smallest absolute Gasteiger partial charge is 0.146 e. The maximum Gasteiger partial charge on any atom is 0.146 e. The summed E-state index contributed by atoms with van der Waals surface area (Å²) in [5.74, 6) is 0.791. The molecule has 0 aromatic heterocycles. The number of rotatable bonds is 1. The molecule has 11 heavy (non-hydrogen) atoms. The van der Waals surface area contributed by atoms with E-state index in [1.807, 2.05) is 19.1 Å². The fourth-order valence-corrected chi connectivity index (χ4v) is 2.22. The van der Waals surface area contributed by atoms with E-state index in [0.717, 1.165) is 15.1 Å². The molecular formula is C8H9BrOS. The molecule has 0 fully saturated rings. The zero-order chi connectivity index (χ0) is 8.43. The average Bonchev–Trinajstić information content (AvgIpc) is 1.85. The molecule has 0 saturated carbocycles. The average molecular weight is 233 g/mol. The first-order valence-corrected chi connectivity index (χ1v) is 4.42. The van der Waals surface area contributed by atoms with E-state index >= 15 is 0 Å². The zero-order valence-corrected chi connectivity index (χ0v) is 8.87.